The highest BCUT2D eigenvalue weighted by molar-refractivity contribution is 6.42. The summed E-state index contributed by atoms with van der Waals surface area (Å²) >= 11 is 11.9. The molecule has 0 radical (unpaired) electrons. The average molecular weight is 326 g/mol. The number of carboxylic acids is 1. The summed E-state index contributed by atoms with van der Waals surface area (Å²) < 4.78 is 0. The lowest BCUT2D eigenvalue weighted by Gasteiger charge is -2.10. The fraction of sp³-hybridized carbons (Fsp3) is 0.200. The number of carboxylic acid groups (broad SMARTS) is 1. The summed E-state index contributed by atoms with van der Waals surface area (Å²) in [5.74, 6) is -1.74. The number of nitrogens with one attached hydrogen (secondary N) is 1. The minimum atomic E-state index is -0.885. The third kappa shape index (κ3) is 4.09. The zero-order valence-corrected chi connectivity index (χ0v) is 12.4. The van der Waals surface area contributed by atoms with Crippen LogP contribution in [0.5, 0.6) is 0 Å². The molecule has 0 fully saturated rings. The van der Waals surface area contributed by atoms with Crippen LogP contribution in [0.25, 0.3) is 6.08 Å². The van der Waals surface area contributed by atoms with Gasteiger partial charge < -0.3 is 10.4 Å². The summed E-state index contributed by atoms with van der Waals surface area (Å²) in [5, 5.41) is 12.4. The first-order valence-electron chi connectivity index (χ1n) is 6.31. The van der Waals surface area contributed by atoms with Crippen LogP contribution in [-0.4, -0.2) is 23.0 Å². The first-order valence-corrected chi connectivity index (χ1v) is 7.06. The maximum absolute atomic E-state index is 11.8. The standard InChI is InChI=1S/C15H13Cl2NO3/c16-12-3-1-2-9(14(12)17)5-7-13(19)18-11-6-4-10(8-11)15(20)21/h1-7,10-11H,8H2,(H,18,19)(H,20,21). The minimum Gasteiger partial charge on any atom is -0.481 e. The third-order valence-corrected chi connectivity index (χ3v) is 3.96. The van der Waals surface area contributed by atoms with Crippen molar-refractivity contribution in [3.63, 3.8) is 0 Å². The van der Waals surface area contributed by atoms with Crippen LogP contribution in [0.15, 0.2) is 36.4 Å². The molecule has 2 rings (SSSR count). The summed E-state index contributed by atoms with van der Waals surface area (Å²) in [7, 11) is 0. The van der Waals surface area contributed by atoms with Crippen molar-refractivity contribution in [3.05, 3.63) is 52.0 Å². The molecule has 110 valence electrons. The normalized spacial score (nSPS) is 20.9. The van der Waals surface area contributed by atoms with E-state index in [0.717, 1.165) is 0 Å². The van der Waals surface area contributed by atoms with E-state index in [1.807, 2.05) is 0 Å². The van der Waals surface area contributed by atoms with Gasteiger partial charge in [0.25, 0.3) is 0 Å². The monoisotopic (exact) mass is 325 g/mol. The number of carbonyl (C=O) groups is 2. The largest absolute Gasteiger partial charge is 0.481 e. The second kappa shape index (κ2) is 6.78. The Morgan fingerprint density at radius 3 is 2.71 bits per heavy atom. The average Bonchev–Trinajstić information content (AvgIpc) is 2.89. The van der Waals surface area contributed by atoms with Crippen LogP contribution in [0.3, 0.4) is 0 Å². The van der Waals surface area contributed by atoms with Gasteiger partial charge in [-0.15, -0.1) is 0 Å². The highest BCUT2D eigenvalue weighted by Gasteiger charge is 2.24. The molecule has 1 aromatic carbocycles. The lowest BCUT2D eigenvalue weighted by Crippen LogP contribution is -2.31. The van der Waals surface area contributed by atoms with Crippen molar-refractivity contribution in [1.82, 2.24) is 5.32 Å². The van der Waals surface area contributed by atoms with Gasteiger partial charge in [-0.2, -0.15) is 0 Å². The number of halogens is 2. The van der Waals surface area contributed by atoms with Crippen molar-refractivity contribution < 1.29 is 14.7 Å². The topological polar surface area (TPSA) is 66.4 Å². The summed E-state index contributed by atoms with van der Waals surface area (Å²) in [6.45, 7) is 0. The van der Waals surface area contributed by atoms with E-state index in [1.165, 1.54) is 6.08 Å². The molecule has 0 bridgehead atoms. The molecule has 2 atom stereocenters. The summed E-state index contributed by atoms with van der Waals surface area (Å²) in [4.78, 5) is 22.6. The molecule has 0 spiro atoms. The molecule has 2 unspecified atom stereocenters. The lowest BCUT2D eigenvalue weighted by atomic mass is 10.1. The van der Waals surface area contributed by atoms with Crippen molar-refractivity contribution in [2.75, 3.05) is 0 Å². The van der Waals surface area contributed by atoms with E-state index >= 15 is 0 Å². The maximum atomic E-state index is 11.8. The van der Waals surface area contributed by atoms with Crippen molar-refractivity contribution in [2.24, 2.45) is 5.92 Å². The predicted molar refractivity (Wildman–Crippen MR) is 82.3 cm³/mol. The number of benzene rings is 1. The molecule has 1 aliphatic rings. The number of aliphatic carboxylic acids is 1. The fourth-order valence-electron chi connectivity index (χ4n) is 2.03. The lowest BCUT2D eigenvalue weighted by molar-refractivity contribution is -0.140. The first-order chi connectivity index (χ1) is 9.97. The Labute approximate surface area is 132 Å². The van der Waals surface area contributed by atoms with Crippen LogP contribution in [0, 0.1) is 5.92 Å². The van der Waals surface area contributed by atoms with Gasteiger partial charge in [0.15, 0.2) is 0 Å². The zero-order valence-electron chi connectivity index (χ0n) is 10.9. The Hall–Kier alpha value is -1.78. The summed E-state index contributed by atoms with van der Waals surface area (Å²) in [5.41, 5.74) is 0.643. The van der Waals surface area contributed by atoms with Gasteiger partial charge in [-0.25, -0.2) is 0 Å². The molecule has 6 heteroatoms. The Morgan fingerprint density at radius 1 is 1.29 bits per heavy atom. The second-order valence-electron chi connectivity index (χ2n) is 4.66. The summed E-state index contributed by atoms with van der Waals surface area (Å²) in [6.07, 6.45) is 6.56. The Balaban J connectivity index is 1.94. The van der Waals surface area contributed by atoms with Gasteiger partial charge in [0, 0.05) is 12.1 Å². The van der Waals surface area contributed by atoms with E-state index in [1.54, 1.807) is 36.4 Å². The van der Waals surface area contributed by atoms with Crippen molar-refractivity contribution in [1.29, 1.82) is 0 Å². The van der Waals surface area contributed by atoms with Gasteiger partial charge in [0.05, 0.1) is 16.0 Å². The molecular weight excluding hydrogens is 313 g/mol. The molecule has 1 aliphatic carbocycles. The molecule has 0 saturated carbocycles. The number of hydrogen-bond donors (Lipinski definition) is 2. The van der Waals surface area contributed by atoms with E-state index in [4.69, 9.17) is 28.3 Å². The van der Waals surface area contributed by atoms with E-state index in [-0.39, 0.29) is 11.9 Å². The SMILES string of the molecule is O=C(C=Cc1cccc(Cl)c1Cl)NC1C=CC(C(=O)O)C1. The molecule has 2 N–H and O–H groups in total. The molecule has 1 amide bonds. The smallest absolute Gasteiger partial charge is 0.310 e. The Bertz CT molecular complexity index is 625. The van der Waals surface area contributed by atoms with Crippen molar-refractivity contribution in [2.45, 2.75) is 12.5 Å². The van der Waals surface area contributed by atoms with Crippen LogP contribution in [0.2, 0.25) is 10.0 Å². The number of carbonyl (C=O) groups excluding carboxylic acids is 1. The van der Waals surface area contributed by atoms with E-state index in [2.05, 4.69) is 5.32 Å². The van der Waals surface area contributed by atoms with Crippen LogP contribution in [0.4, 0.5) is 0 Å². The zero-order chi connectivity index (χ0) is 15.4. The fourth-order valence-corrected chi connectivity index (χ4v) is 2.41. The third-order valence-electron chi connectivity index (χ3n) is 3.12. The van der Waals surface area contributed by atoms with Gasteiger partial charge in [-0.3, -0.25) is 9.59 Å². The van der Waals surface area contributed by atoms with Gasteiger partial charge in [0.1, 0.15) is 0 Å². The Kier molecular flexibility index (Phi) is 5.04. The molecular formula is C15H13Cl2NO3. The van der Waals surface area contributed by atoms with Gasteiger partial charge in [-0.1, -0.05) is 47.5 Å². The van der Waals surface area contributed by atoms with Crippen LogP contribution >= 0.6 is 23.2 Å². The van der Waals surface area contributed by atoms with Crippen LogP contribution in [0.1, 0.15) is 12.0 Å². The van der Waals surface area contributed by atoms with Gasteiger partial charge in [0.2, 0.25) is 5.91 Å². The van der Waals surface area contributed by atoms with Crippen molar-refractivity contribution >= 4 is 41.2 Å². The summed E-state index contributed by atoms with van der Waals surface area (Å²) in [6, 6.07) is 4.88. The second-order valence-corrected chi connectivity index (χ2v) is 5.44. The van der Waals surface area contributed by atoms with E-state index < -0.39 is 11.9 Å². The molecule has 0 heterocycles. The highest BCUT2D eigenvalue weighted by Crippen LogP contribution is 2.26. The maximum Gasteiger partial charge on any atom is 0.310 e. The number of rotatable bonds is 4. The number of amides is 1. The molecule has 21 heavy (non-hydrogen) atoms. The van der Waals surface area contributed by atoms with Crippen molar-refractivity contribution in [3.8, 4) is 0 Å². The molecule has 4 nitrogen and oxygen atoms in total. The Morgan fingerprint density at radius 2 is 2.05 bits per heavy atom. The van der Waals surface area contributed by atoms with E-state index in [9.17, 15) is 9.59 Å². The quantitative estimate of drug-likeness (QED) is 0.660. The molecule has 0 aliphatic heterocycles. The molecule has 1 aromatic rings. The first kappa shape index (κ1) is 15.6. The van der Waals surface area contributed by atoms with Crippen LogP contribution < -0.4 is 5.32 Å². The minimum absolute atomic E-state index is 0.266. The molecule has 0 saturated heterocycles. The van der Waals surface area contributed by atoms with Crippen LogP contribution in [-0.2, 0) is 9.59 Å². The van der Waals surface area contributed by atoms with Gasteiger partial charge in [-0.05, 0) is 24.1 Å². The number of hydrogen-bond acceptors (Lipinski definition) is 2. The predicted octanol–water partition coefficient (Wildman–Crippen LogP) is 3.15. The van der Waals surface area contributed by atoms with E-state index in [0.29, 0.717) is 22.0 Å². The highest BCUT2D eigenvalue weighted by atomic mass is 35.5. The van der Waals surface area contributed by atoms with Gasteiger partial charge >= 0.3 is 5.97 Å². The molecule has 0 aromatic heterocycles.